The fourth-order valence-electron chi connectivity index (χ4n) is 2.39. The Labute approximate surface area is 113 Å². The normalized spacial score (nSPS) is 10.8. The maximum Gasteiger partial charge on any atom is 0.0481 e. The van der Waals surface area contributed by atoms with Crippen molar-refractivity contribution < 1.29 is 0 Å². The summed E-state index contributed by atoms with van der Waals surface area (Å²) in [5.74, 6) is 0. The van der Waals surface area contributed by atoms with Gasteiger partial charge in [-0.2, -0.15) is 0 Å². The van der Waals surface area contributed by atoms with Crippen LogP contribution in [0.3, 0.4) is 0 Å². The summed E-state index contributed by atoms with van der Waals surface area (Å²) in [4.78, 5) is 0. The summed E-state index contributed by atoms with van der Waals surface area (Å²) in [5, 5.41) is 4.76. The zero-order valence-electron chi connectivity index (χ0n) is 11.1. The molecule has 0 saturated carbocycles. The van der Waals surface area contributed by atoms with Gasteiger partial charge in [-0.3, -0.25) is 0 Å². The molecule has 2 aromatic carbocycles. The first-order valence-electron chi connectivity index (χ1n) is 6.67. The van der Waals surface area contributed by atoms with Crippen LogP contribution in [0.25, 0.3) is 10.9 Å². The maximum absolute atomic E-state index is 3.44. The number of benzene rings is 2. The molecule has 3 rings (SSSR count). The topological polar surface area (TPSA) is 17.0 Å². The van der Waals surface area contributed by atoms with Gasteiger partial charge in [-0.05, 0) is 42.6 Å². The molecule has 0 fully saturated rings. The Hall–Kier alpha value is -2.22. The smallest absolute Gasteiger partial charge is 0.0481 e. The highest BCUT2D eigenvalue weighted by Crippen LogP contribution is 2.17. The van der Waals surface area contributed by atoms with E-state index in [9.17, 15) is 0 Å². The van der Waals surface area contributed by atoms with Crippen LogP contribution in [0.5, 0.6) is 0 Å². The number of rotatable bonds is 4. The summed E-state index contributed by atoms with van der Waals surface area (Å²) >= 11 is 0. The molecule has 1 aromatic heterocycles. The van der Waals surface area contributed by atoms with Crippen LogP contribution in [0.4, 0.5) is 5.69 Å². The van der Waals surface area contributed by atoms with Gasteiger partial charge < -0.3 is 9.88 Å². The Kier molecular flexibility index (Phi) is 3.23. The molecule has 0 radical (unpaired) electrons. The Bertz CT molecular complexity index is 668. The molecular formula is C17H18N2. The van der Waals surface area contributed by atoms with E-state index in [2.05, 4.69) is 71.5 Å². The zero-order valence-corrected chi connectivity index (χ0v) is 11.1. The van der Waals surface area contributed by atoms with Gasteiger partial charge in [0.2, 0.25) is 0 Å². The minimum atomic E-state index is 0.932. The lowest BCUT2D eigenvalue weighted by Crippen LogP contribution is -2.09. The quantitative estimate of drug-likeness (QED) is 0.738. The molecule has 1 heterocycles. The molecule has 96 valence electrons. The van der Waals surface area contributed by atoms with Crippen molar-refractivity contribution in [1.82, 2.24) is 4.57 Å². The second kappa shape index (κ2) is 5.19. The van der Waals surface area contributed by atoms with Crippen LogP contribution in [0, 0.1) is 6.92 Å². The lowest BCUT2D eigenvalue weighted by molar-refractivity contribution is 0.757. The number of nitrogens with zero attached hydrogens (tertiary/aromatic N) is 1. The van der Waals surface area contributed by atoms with E-state index < -0.39 is 0 Å². The van der Waals surface area contributed by atoms with E-state index in [1.807, 2.05) is 6.07 Å². The number of aryl methyl sites for hydroxylation is 1. The molecule has 0 unspecified atom stereocenters. The molecule has 0 amide bonds. The predicted octanol–water partition coefficient (Wildman–Crippen LogP) is 4.06. The number of nitrogens with one attached hydrogen (secondary N) is 1. The number of fused-ring (bicyclic) bond motifs is 1. The van der Waals surface area contributed by atoms with E-state index in [1.54, 1.807) is 0 Å². The van der Waals surface area contributed by atoms with Crippen molar-refractivity contribution in [2.75, 3.05) is 11.9 Å². The van der Waals surface area contributed by atoms with E-state index in [4.69, 9.17) is 0 Å². The monoisotopic (exact) mass is 250 g/mol. The first-order valence-corrected chi connectivity index (χ1v) is 6.67. The lowest BCUT2D eigenvalue weighted by Gasteiger charge is -2.08. The number of anilines is 1. The summed E-state index contributed by atoms with van der Waals surface area (Å²) in [5.41, 5.74) is 3.79. The largest absolute Gasteiger partial charge is 0.383 e. The van der Waals surface area contributed by atoms with Crippen LogP contribution in [-0.4, -0.2) is 11.1 Å². The molecule has 0 aliphatic heterocycles. The van der Waals surface area contributed by atoms with Crippen LogP contribution in [-0.2, 0) is 6.54 Å². The molecule has 0 spiro atoms. The van der Waals surface area contributed by atoms with Crippen LogP contribution >= 0.6 is 0 Å². The van der Waals surface area contributed by atoms with Crippen molar-refractivity contribution in [1.29, 1.82) is 0 Å². The SMILES string of the molecule is Cc1ccc2c(ccn2CCNc2ccccc2)c1. The van der Waals surface area contributed by atoms with Gasteiger partial charge in [0.25, 0.3) is 0 Å². The van der Waals surface area contributed by atoms with Gasteiger partial charge >= 0.3 is 0 Å². The van der Waals surface area contributed by atoms with E-state index in [0.717, 1.165) is 13.1 Å². The van der Waals surface area contributed by atoms with E-state index >= 15 is 0 Å². The van der Waals surface area contributed by atoms with E-state index in [-0.39, 0.29) is 0 Å². The Morgan fingerprint density at radius 1 is 1.00 bits per heavy atom. The van der Waals surface area contributed by atoms with Gasteiger partial charge in [-0.25, -0.2) is 0 Å². The standard InChI is InChI=1S/C17H18N2/c1-14-7-8-17-15(13-14)9-11-19(17)12-10-18-16-5-3-2-4-6-16/h2-9,11,13,18H,10,12H2,1H3. The molecule has 0 atom stereocenters. The third-order valence-electron chi connectivity index (χ3n) is 3.38. The van der Waals surface area contributed by atoms with Gasteiger partial charge in [0, 0.05) is 30.5 Å². The van der Waals surface area contributed by atoms with Crippen molar-refractivity contribution >= 4 is 16.6 Å². The maximum atomic E-state index is 3.44. The predicted molar refractivity (Wildman–Crippen MR) is 81.6 cm³/mol. The van der Waals surface area contributed by atoms with Gasteiger partial charge in [-0.15, -0.1) is 0 Å². The third kappa shape index (κ3) is 2.63. The van der Waals surface area contributed by atoms with Crippen molar-refractivity contribution in [3.8, 4) is 0 Å². The van der Waals surface area contributed by atoms with Gasteiger partial charge in [-0.1, -0.05) is 29.8 Å². The molecule has 19 heavy (non-hydrogen) atoms. The first kappa shape index (κ1) is 11.8. The van der Waals surface area contributed by atoms with Crippen LogP contribution in [0.15, 0.2) is 60.8 Å². The second-order valence-electron chi connectivity index (χ2n) is 4.86. The number of aromatic nitrogens is 1. The summed E-state index contributed by atoms with van der Waals surface area (Å²) in [6.45, 7) is 4.04. The first-order chi connectivity index (χ1) is 9.33. The fraction of sp³-hybridized carbons (Fsp3) is 0.176. The van der Waals surface area contributed by atoms with Gasteiger partial charge in [0.05, 0.1) is 0 Å². The number of hydrogen-bond donors (Lipinski definition) is 1. The molecule has 2 nitrogen and oxygen atoms in total. The highest BCUT2D eigenvalue weighted by Gasteiger charge is 2.00. The molecule has 0 aliphatic carbocycles. The lowest BCUT2D eigenvalue weighted by atomic mass is 10.2. The Morgan fingerprint density at radius 3 is 2.68 bits per heavy atom. The molecule has 0 saturated heterocycles. The number of hydrogen-bond acceptors (Lipinski definition) is 1. The molecule has 3 aromatic rings. The van der Waals surface area contributed by atoms with Crippen LogP contribution in [0.2, 0.25) is 0 Å². The van der Waals surface area contributed by atoms with Crippen molar-refractivity contribution in [3.63, 3.8) is 0 Å². The molecule has 1 N–H and O–H groups in total. The van der Waals surface area contributed by atoms with Crippen molar-refractivity contribution in [3.05, 3.63) is 66.4 Å². The Balaban J connectivity index is 1.69. The molecular weight excluding hydrogens is 232 g/mol. The van der Waals surface area contributed by atoms with Gasteiger partial charge in [0.15, 0.2) is 0 Å². The van der Waals surface area contributed by atoms with E-state index in [1.165, 1.54) is 22.2 Å². The minimum absolute atomic E-state index is 0.932. The molecule has 2 heteroatoms. The summed E-state index contributed by atoms with van der Waals surface area (Å²) in [6, 6.07) is 19.1. The van der Waals surface area contributed by atoms with Crippen molar-refractivity contribution in [2.24, 2.45) is 0 Å². The minimum Gasteiger partial charge on any atom is -0.383 e. The summed E-state index contributed by atoms with van der Waals surface area (Å²) in [6.07, 6.45) is 2.16. The van der Waals surface area contributed by atoms with Gasteiger partial charge in [0.1, 0.15) is 0 Å². The van der Waals surface area contributed by atoms with Crippen molar-refractivity contribution in [2.45, 2.75) is 13.5 Å². The second-order valence-corrected chi connectivity index (χ2v) is 4.86. The molecule has 0 aliphatic rings. The summed E-state index contributed by atoms with van der Waals surface area (Å²) < 4.78 is 2.30. The van der Waals surface area contributed by atoms with E-state index in [0.29, 0.717) is 0 Å². The average Bonchev–Trinajstić information content (AvgIpc) is 2.82. The average molecular weight is 250 g/mol. The fourth-order valence-corrected chi connectivity index (χ4v) is 2.39. The van der Waals surface area contributed by atoms with Crippen LogP contribution < -0.4 is 5.32 Å². The summed E-state index contributed by atoms with van der Waals surface area (Å²) in [7, 11) is 0. The zero-order chi connectivity index (χ0) is 13.1. The number of para-hydroxylation sites is 1. The van der Waals surface area contributed by atoms with Crippen LogP contribution in [0.1, 0.15) is 5.56 Å². The molecule has 0 bridgehead atoms. The highest BCUT2D eigenvalue weighted by atomic mass is 15.0. The highest BCUT2D eigenvalue weighted by molar-refractivity contribution is 5.80. The Morgan fingerprint density at radius 2 is 1.84 bits per heavy atom. The third-order valence-corrected chi connectivity index (χ3v) is 3.38.